The molecular formula is C14H11F6N3O2S. The van der Waals surface area contributed by atoms with Gasteiger partial charge in [-0.3, -0.25) is 0 Å². The molecular weight excluding hydrogens is 388 g/mol. The van der Waals surface area contributed by atoms with Gasteiger partial charge in [0.2, 0.25) is 15.8 Å². The van der Waals surface area contributed by atoms with Crippen molar-refractivity contribution in [1.29, 1.82) is 0 Å². The minimum Gasteiger partial charge on any atom is -0.368 e. The Morgan fingerprint density at radius 2 is 1.62 bits per heavy atom. The van der Waals surface area contributed by atoms with E-state index in [-0.39, 0.29) is 6.20 Å². The van der Waals surface area contributed by atoms with E-state index in [9.17, 15) is 34.8 Å². The van der Waals surface area contributed by atoms with Crippen molar-refractivity contribution in [3.8, 4) is 0 Å². The van der Waals surface area contributed by atoms with Crippen LogP contribution in [0.3, 0.4) is 0 Å². The predicted molar refractivity (Wildman–Crippen MR) is 77.9 cm³/mol. The number of benzene rings is 1. The van der Waals surface area contributed by atoms with Gasteiger partial charge in [0.1, 0.15) is 10.6 Å². The van der Waals surface area contributed by atoms with Crippen molar-refractivity contribution < 1.29 is 34.8 Å². The number of aromatic nitrogens is 2. The van der Waals surface area contributed by atoms with Crippen LogP contribution in [0.15, 0.2) is 40.3 Å². The van der Waals surface area contributed by atoms with Gasteiger partial charge in [-0.15, -0.1) is 0 Å². The minimum atomic E-state index is -5.88. The first-order valence-electron chi connectivity index (χ1n) is 6.80. The summed E-state index contributed by atoms with van der Waals surface area (Å²) < 4.78 is 105. The molecule has 0 saturated heterocycles. The topological polar surface area (TPSA) is 85.9 Å². The summed E-state index contributed by atoms with van der Waals surface area (Å²) in [4.78, 5) is 4.06. The smallest absolute Gasteiger partial charge is 0.368 e. The van der Waals surface area contributed by atoms with Crippen LogP contribution in [-0.2, 0) is 15.8 Å². The molecule has 0 amide bonds. The minimum absolute atomic E-state index is 0.280. The summed E-state index contributed by atoms with van der Waals surface area (Å²) in [5, 5.41) is 0. The highest BCUT2D eigenvalue weighted by Gasteiger charge is 2.66. The summed E-state index contributed by atoms with van der Waals surface area (Å²) in [6.07, 6.45) is -4.49. The summed E-state index contributed by atoms with van der Waals surface area (Å²) in [6.45, 7) is 1.62. The van der Waals surface area contributed by atoms with E-state index in [1.165, 1.54) is 12.1 Å². The van der Waals surface area contributed by atoms with Gasteiger partial charge in [0.05, 0.1) is 11.1 Å². The van der Waals surface area contributed by atoms with Gasteiger partial charge < -0.3 is 5.73 Å². The Bertz CT molecular complexity index is 917. The van der Waals surface area contributed by atoms with Crippen molar-refractivity contribution in [3.05, 3.63) is 41.7 Å². The largest absolute Gasteiger partial charge is 0.375 e. The second kappa shape index (κ2) is 6.41. The molecule has 0 aliphatic heterocycles. The van der Waals surface area contributed by atoms with Crippen molar-refractivity contribution in [1.82, 2.24) is 9.97 Å². The van der Waals surface area contributed by atoms with Gasteiger partial charge in [0, 0.05) is 0 Å². The SMILES string of the molecule is Cc1ccc(S(=O)(=O)c2cnc(N)nc2C(F)(F)C(F)(F)C(F)F)cc1. The number of anilines is 1. The van der Waals surface area contributed by atoms with E-state index in [0.29, 0.717) is 5.56 Å². The Balaban J connectivity index is 2.75. The number of aryl methyl sites for hydroxylation is 1. The maximum absolute atomic E-state index is 14.1. The van der Waals surface area contributed by atoms with Gasteiger partial charge in [-0.25, -0.2) is 27.2 Å². The maximum atomic E-state index is 14.1. The van der Waals surface area contributed by atoms with E-state index >= 15 is 0 Å². The molecule has 2 aromatic rings. The zero-order chi connectivity index (χ0) is 19.9. The number of alkyl halides is 6. The summed E-state index contributed by atoms with van der Waals surface area (Å²) in [7, 11) is -4.81. The standard InChI is InChI=1S/C14H11F6N3O2S/c1-7-2-4-8(5-3-7)26(24,25)9-6-22-12(21)23-10(9)13(17,18)14(19,20)11(15)16/h2-6,11H,1H3,(H2,21,22,23). The summed E-state index contributed by atoms with van der Waals surface area (Å²) in [5.74, 6) is -12.5. The molecule has 0 radical (unpaired) electrons. The lowest BCUT2D eigenvalue weighted by molar-refractivity contribution is -0.273. The van der Waals surface area contributed by atoms with E-state index in [1.54, 1.807) is 6.92 Å². The molecule has 2 N–H and O–H groups in total. The number of halogens is 6. The van der Waals surface area contributed by atoms with Crippen molar-refractivity contribution >= 4 is 15.8 Å². The third kappa shape index (κ3) is 3.20. The molecule has 142 valence electrons. The lowest BCUT2D eigenvalue weighted by Crippen LogP contribution is -2.45. The summed E-state index contributed by atoms with van der Waals surface area (Å²) in [5.41, 5.74) is 3.59. The Hall–Kier alpha value is -2.37. The molecule has 5 nitrogen and oxygen atoms in total. The first-order chi connectivity index (χ1) is 11.8. The molecule has 1 aromatic carbocycles. The van der Waals surface area contributed by atoms with Gasteiger partial charge in [-0.1, -0.05) is 17.7 Å². The van der Waals surface area contributed by atoms with E-state index in [4.69, 9.17) is 5.73 Å². The van der Waals surface area contributed by atoms with Crippen LogP contribution in [0.4, 0.5) is 32.3 Å². The second-order valence-electron chi connectivity index (χ2n) is 5.26. The van der Waals surface area contributed by atoms with Crippen molar-refractivity contribution in [3.63, 3.8) is 0 Å². The molecule has 26 heavy (non-hydrogen) atoms. The summed E-state index contributed by atoms with van der Waals surface area (Å²) in [6, 6.07) is 4.73. The number of nitrogens with two attached hydrogens (primary N) is 1. The van der Waals surface area contributed by atoms with Crippen LogP contribution in [0, 0.1) is 6.92 Å². The molecule has 0 unspecified atom stereocenters. The van der Waals surface area contributed by atoms with Crippen molar-refractivity contribution in [2.24, 2.45) is 0 Å². The van der Waals surface area contributed by atoms with Crippen LogP contribution in [0.2, 0.25) is 0 Å². The molecule has 0 fully saturated rings. The highest BCUT2D eigenvalue weighted by Crippen LogP contribution is 2.47. The predicted octanol–water partition coefficient (Wildman–Crippen LogP) is 3.19. The van der Waals surface area contributed by atoms with Crippen LogP contribution >= 0.6 is 0 Å². The first kappa shape index (κ1) is 19.9. The number of rotatable bonds is 5. The van der Waals surface area contributed by atoms with E-state index in [2.05, 4.69) is 9.97 Å². The van der Waals surface area contributed by atoms with E-state index in [0.717, 1.165) is 12.1 Å². The molecule has 1 heterocycles. The number of hydrogen-bond donors (Lipinski definition) is 1. The zero-order valence-corrected chi connectivity index (χ0v) is 13.7. The normalized spacial score (nSPS) is 13.2. The van der Waals surface area contributed by atoms with E-state index in [1.807, 2.05) is 0 Å². The second-order valence-corrected chi connectivity index (χ2v) is 7.17. The van der Waals surface area contributed by atoms with Gasteiger partial charge in [-0.05, 0) is 19.1 Å². The van der Waals surface area contributed by atoms with Crippen LogP contribution in [-0.4, -0.2) is 30.7 Å². The van der Waals surface area contributed by atoms with Gasteiger partial charge in [0.15, 0.2) is 0 Å². The Morgan fingerprint density at radius 3 is 2.12 bits per heavy atom. The lowest BCUT2D eigenvalue weighted by atomic mass is 10.1. The molecule has 0 saturated carbocycles. The average molecular weight is 399 g/mol. The molecule has 1 aromatic heterocycles. The zero-order valence-electron chi connectivity index (χ0n) is 12.9. The first-order valence-corrected chi connectivity index (χ1v) is 8.28. The highest BCUT2D eigenvalue weighted by atomic mass is 32.2. The van der Waals surface area contributed by atoms with Crippen LogP contribution in [0.1, 0.15) is 11.3 Å². The van der Waals surface area contributed by atoms with Gasteiger partial charge in [-0.2, -0.15) is 17.6 Å². The maximum Gasteiger partial charge on any atom is 0.375 e. The highest BCUT2D eigenvalue weighted by molar-refractivity contribution is 7.91. The summed E-state index contributed by atoms with van der Waals surface area (Å²) >= 11 is 0. The molecule has 0 aliphatic rings. The molecule has 0 spiro atoms. The molecule has 0 aliphatic carbocycles. The average Bonchev–Trinajstić information content (AvgIpc) is 2.54. The molecule has 12 heteroatoms. The van der Waals surface area contributed by atoms with Gasteiger partial charge >= 0.3 is 18.3 Å². The molecule has 2 rings (SSSR count). The number of nitrogen functional groups attached to an aromatic ring is 1. The molecule has 0 atom stereocenters. The van der Waals surface area contributed by atoms with Crippen LogP contribution < -0.4 is 5.73 Å². The monoisotopic (exact) mass is 399 g/mol. The van der Waals surface area contributed by atoms with Crippen LogP contribution in [0.25, 0.3) is 0 Å². The lowest BCUT2D eigenvalue weighted by Gasteiger charge is -2.26. The fourth-order valence-corrected chi connectivity index (χ4v) is 3.31. The Labute approximate surface area is 143 Å². The third-order valence-electron chi connectivity index (χ3n) is 3.38. The quantitative estimate of drug-likeness (QED) is 0.781. The third-order valence-corrected chi connectivity index (χ3v) is 5.16. The van der Waals surface area contributed by atoms with E-state index < -0.39 is 49.5 Å². The Kier molecular flexibility index (Phi) is 4.92. The Morgan fingerprint density at radius 1 is 1.08 bits per heavy atom. The van der Waals surface area contributed by atoms with Crippen molar-refractivity contribution in [2.75, 3.05) is 5.73 Å². The van der Waals surface area contributed by atoms with Gasteiger partial charge in [0.25, 0.3) is 0 Å². The van der Waals surface area contributed by atoms with Crippen molar-refractivity contribution in [2.45, 2.75) is 35.0 Å². The molecule has 0 bridgehead atoms. The number of nitrogens with zero attached hydrogens (tertiary/aromatic N) is 2. The van der Waals surface area contributed by atoms with Crippen LogP contribution in [0.5, 0.6) is 0 Å². The number of hydrogen-bond acceptors (Lipinski definition) is 5. The fourth-order valence-electron chi connectivity index (χ4n) is 1.95. The fraction of sp³-hybridized carbons (Fsp3) is 0.286. The number of sulfone groups is 1.